The number of rotatable bonds is 6. The second-order valence-corrected chi connectivity index (χ2v) is 10.3. The number of amides is 2. The molecule has 1 saturated heterocycles. The summed E-state index contributed by atoms with van der Waals surface area (Å²) in [6, 6.07) is 16.3. The fourth-order valence-electron chi connectivity index (χ4n) is 6.21. The minimum atomic E-state index is -1.18. The van der Waals surface area contributed by atoms with Crippen LogP contribution in [0.15, 0.2) is 48.5 Å². The highest BCUT2D eigenvalue weighted by Crippen LogP contribution is 2.45. The Morgan fingerprint density at radius 2 is 1.57 bits per heavy atom. The first kappa shape index (κ1) is 23.4. The van der Waals surface area contributed by atoms with Crippen molar-refractivity contribution < 1.29 is 24.2 Å². The van der Waals surface area contributed by atoms with Gasteiger partial charge in [-0.15, -0.1) is 0 Å². The lowest BCUT2D eigenvalue weighted by Gasteiger charge is -2.38. The van der Waals surface area contributed by atoms with Crippen molar-refractivity contribution in [3.05, 3.63) is 59.7 Å². The lowest BCUT2D eigenvalue weighted by Crippen LogP contribution is -2.57. The van der Waals surface area contributed by atoms with E-state index in [1.807, 2.05) is 24.3 Å². The molecule has 1 atom stereocenters. The maximum Gasteiger partial charge on any atom is 0.407 e. The molecule has 2 N–H and O–H groups in total. The molecule has 2 aliphatic carbocycles. The number of nitrogens with one attached hydrogen (secondary N) is 1. The van der Waals surface area contributed by atoms with Gasteiger partial charge < -0.3 is 20.1 Å². The zero-order valence-corrected chi connectivity index (χ0v) is 20.1. The summed E-state index contributed by atoms with van der Waals surface area (Å²) in [6.07, 6.45) is 3.62. The van der Waals surface area contributed by atoms with Crippen molar-refractivity contribution in [1.29, 1.82) is 0 Å². The van der Waals surface area contributed by atoms with Gasteiger partial charge in [0.15, 0.2) is 0 Å². The van der Waals surface area contributed by atoms with E-state index < -0.39 is 23.0 Å². The quantitative estimate of drug-likeness (QED) is 0.638. The Morgan fingerprint density at radius 3 is 2.17 bits per heavy atom. The van der Waals surface area contributed by atoms with Crippen LogP contribution >= 0.6 is 0 Å². The molecule has 5 rings (SSSR count). The average molecular weight is 477 g/mol. The summed E-state index contributed by atoms with van der Waals surface area (Å²) in [5, 5.41) is 12.6. The first-order valence-corrected chi connectivity index (χ1v) is 12.5. The van der Waals surface area contributed by atoms with E-state index in [1.54, 1.807) is 6.92 Å². The fourth-order valence-corrected chi connectivity index (χ4v) is 6.21. The molecule has 35 heavy (non-hydrogen) atoms. The normalized spacial score (nSPS) is 22.5. The van der Waals surface area contributed by atoms with E-state index in [4.69, 9.17) is 4.74 Å². The van der Waals surface area contributed by atoms with Crippen molar-refractivity contribution in [1.82, 2.24) is 10.2 Å². The van der Waals surface area contributed by atoms with Crippen LogP contribution in [-0.2, 0) is 14.3 Å². The molecule has 1 heterocycles. The van der Waals surface area contributed by atoms with Gasteiger partial charge in [-0.25, -0.2) is 9.59 Å². The number of aliphatic carboxylic acids is 1. The van der Waals surface area contributed by atoms with E-state index in [1.165, 1.54) is 16.0 Å². The van der Waals surface area contributed by atoms with Crippen LogP contribution in [-0.4, -0.2) is 53.2 Å². The number of carbonyl (C=O) groups excluding carboxylic acids is 2. The monoisotopic (exact) mass is 476 g/mol. The van der Waals surface area contributed by atoms with Gasteiger partial charge >= 0.3 is 12.1 Å². The molecule has 0 bridgehead atoms. The number of ether oxygens (including phenoxy) is 1. The molecule has 2 aromatic carbocycles. The number of likely N-dealkylation sites (tertiary alicyclic amines) is 1. The van der Waals surface area contributed by atoms with Gasteiger partial charge in [-0.05, 0) is 54.9 Å². The second-order valence-electron chi connectivity index (χ2n) is 10.3. The summed E-state index contributed by atoms with van der Waals surface area (Å²) in [5.74, 6) is -1.16. The Kier molecular flexibility index (Phi) is 6.03. The van der Waals surface area contributed by atoms with Crippen molar-refractivity contribution in [3.8, 4) is 11.1 Å². The number of alkyl carbamates (subject to hydrolysis) is 1. The molecule has 0 aromatic heterocycles. The molecule has 0 spiro atoms. The second kappa shape index (κ2) is 9.02. The van der Waals surface area contributed by atoms with Crippen LogP contribution in [0.2, 0.25) is 0 Å². The maximum atomic E-state index is 13.6. The number of hydrogen-bond donors (Lipinski definition) is 2. The zero-order chi connectivity index (χ0) is 24.6. The number of benzene rings is 2. The van der Waals surface area contributed by atoms with E-state index in [9.17, 15) is 19.5 Å². The standard InChI is InChI=1S/C28H32N2O5/c1-27(25(32)33)13-8-16-30(27)24(31)28(14-6-7-15-28)18-29-26(34)35-17-23-21-11-4-2-9-19(21)20-10-3-5-12-22(20)23/h2-5,9-12,23H,6-8,13-18H2,1H3,(H,29,34)(H,32,33)/t27-/m0/s1. The molecule has 2 amide bonds. The van der Waals surface area contributed by atoms with Gasteiger partial charge in [0.1, 0.15) is 12.1 Å². The van der Waals surface area contributed by atoms with Crippen molar-refractivity contribution in [3.63, 3.8) is 0 Å². The molecule has 3 aliphatic rings. The highest BCUT2D eigenvalue weighted by atomic mass is 16.5. The van der Waals surface area contributed by atoms with E-state index in [-0.39, 0.29) is 25.0 Å². The third-order valence-corrected chi connectivity index (χ3v) is 8.28. The summed E-state index contributed by atoms with van der Waals surface area (Å²) in [6.45, 7) is 2.44. The lowest BCUT2D eigenvalue weighted by molar-refractivity contribution is -0.159. The highest BCUT2D eigenvalue weighted by Gasteiger charge is 2.52. The predicted octanol–water partition coefficient (Wildman–Crippen LogP) is 4.55. The molecule has 2 fully saturated rings. The van der Waals surface area contributed by atoms with Crippen LogP contribution in [0.25, 0.3) is 11.1 Å². The summed E-state index contributed by atoms with van der Waals surface area (Å²) < 4.78 is 5.66. The smallest absolute Gasteiger partial charge is 0.407 e. The summed E-state index contributed by atoms with van der Waals surface area (Å²) >= 11 is 0. The highest BCUT2D eigenvalue weighted by molar-refractivity contribution is 5.91. The van der Waals surface area contributed by atoms with Gasteiger partial charge in [0.25, 0.3) is 0 Å². The van der Waals surface area contributed by atoms with Crippen LogP contribution in [0.4, 0.5) is 4.79 Å². The molecule has 0 radical (unpaired) electrons. The van der Waals surface area contributed by atoms with E-state index in [0.717, 1.165) is 24.0 Å². The summed E-state index contributed by atoms with van der Waals surface area (Å²) in [4.78, 5) is 39.8. The third kappa shape index (κ3) is 3.97. The fraction of sp³-hybridized carbons (Fsp3) is 0.464. The van der Waals surface area contributed by atoms with E-state index >= 15 is 0 Å². The average Bonchev–Trinajstić information content (AvgIpc) is 3.58. The van der Waals surface area contributed by atoms with Crippen molar-refractivity contribution in [2.75, 3.05) is 19.7 Å². The molecule has 0 unspecified atom stereocenters. The van der Waals surface area contributed by atoms with Crippen LogP contribution < -0.4 is 5.32 Å². The Hall–Kier alpha value is -3.35. The van der Waals surface area contributed by atoms with Crippen LogP contribution in [0.1, 0.15) is 62.5 Å². The molecular weight excluding hydrogens is 444 g/mol. The number of carbonyl (C=O) groups is 3. The molecular formula is C28H32N2O5. The van der Waals surface area contributed by atoms with Gasteiger partial charge in [0.2, 0.25) is 5.91 Å². The van der Waals surface area contributed by atoms with Gasteiger partial charge in [-0.2, -0.15) is 0 Å². The Balaban J connectivity index is 1.25. The minimum Gasteiger partial charge on any atom is -0.480 e. The van der Waals surface area contributed by atoms with Crippen molar-refractivity contribution >= 4 is 18.0 Å². The van der Waals surface area contributed by atoms with Crippen LogP contribution in [0.3, 0.4) is 0 Å². The van der Waals surface area contributed by atoms with Gasteiger partial charge in [0, 0.05) is 19.0 Å². The summed E-state index contributed by atoms with van der Waals surface area (Å²) in [7, 11) is 0. The molecule has 1 aliphatic heterocycles. The minimum absolute atomic E-state index is 0.0314. The Morgan fingerprint density at radius 1 is 0.971 bits per heavy atom. The zero-order valence-electron chi connectivity index (χ0n) is 20.1. The molecule has 2 aromatic rings. The molecule has 7 heteroatoms. The summed E-state index contributed by atoms with van der Waals surface area (Å²) in [5.41, 5.74) is 2.67. The lowest BCUT2D eigenvalue weighted by atomic mass is 9.83. The number of hydrogen-bond acceptors (Lipinski definition) is 4. The van der Waals surface area contributed by atoms with E-state index in [0.29, 0.717) is 32.2 Å². The molecule has 184 valence electrons. The first-order valence-electron chi connectivity index (χ1n) is 12.5. The number of nitrogens with zero attached hydrogens (tertiary/aromatic N) is 1. The SMILES string of the molecule is C[C@@]1(C(=O)O)CCCN1C(=O)C1(CNC(=O)OCC2c3ccccc3-c3ccccc32)CCCC1. The number of carboxylic acid groups (broad SMARTS) is 1. The Labute approximate surface area is 205 Å². The number of fused-ring (bicyclic) bond motifs is 3. The van der Waals surface area contributed by atoms with Crippen molar-refractivity contribution in [2.45, 2.75) is 56.9 Å². The third-order valence-electron chi connectivity index (χ3n) is 8.28. The molecule has 1 saturated carbocycles. The molecule has 7 nitrogen and oxygen atoms in total. The number of carboxylic acids is 1. The topological polar surface area (TPSA) is 95.9 Å². The first-order chi connectivity index (χ1) is 16.9. The van der Waals surface area contributed by atoms with E-state index in [2.05, 4.69) is 29.6 Å². The Bertz CT molecular complexity index is 1110. The van der Waals surface area contributed by atoms with Crippen molar-refractivity contribution in [2.24, 2.45) is 5.41 Å². The predicted molar refractivity (Wildman–Crippen MR) is 131 cm³/mol. The van der Waals surface area contributed by atoms with Crippen LogP contribution in [0.5, 0.6) is 0 Å². The maximum absolute atomic E-state index is 13.6. The van der Waals surface area contributed by atoms with Crippen LogP contribution in [0, 0.1) is 5.41 Å². The van der Waals surface area contributed by atoms with Gasteiger partial charge in [-0.3, -0.25) is 4.79 Å². The van der Waals surface area contributed by atoms with Gasteiger partial charge in [-0.1, -0.05) is 61.4 Å². The largest absolute Gasteiger partial charge is 0.480 e. The van der Waals surface area contributed by atoms with Gasteiger partial charge in [0.05, 0.1) is 5.41 Å².